The molecule has 1 aromatic carbocycles. The molecule has 1 aliphatic carbocycles. The fourth-order valence-electron chi connectivity index (χ4n) is 2.39. The number of sulfonamides is 1. The fourth-order valence-corrected chi connectivity index (χ4v) is 3.82. The lowest BCUT2D eigenvalue weighted by Crippen LogP contribution is -2.36. The Bertz CT molecular complexity index is 535. The van der Waals surface area contributed by atoms with E-state index in [1.54, 1.807) is 19.2 Å². The van der Waals surface area contributed by atoms with E-state index in [1.165, 1.54) is 4.31 Å². The summed E-state index contributed by atoms with van der Waals surface area (Å²) in [6, 6.07) is 7.27. The molecular formula is C15H24N2O2S. The molecule has 5 heteroatoms. The molecule has 0 bridgehead atoms. The average Bonchev–Trinajstić information content (AvgIpc) is 3.28. The summed E-state index contributed by atoms with van der Waals surface area (Å²) >= 11 is 0. The summed E-state index contributed by atoms with van der Waals surface area (Å²) in [5.74, 6) is 0.526. The minimum Gasteiger partial charge on any atom is -0.330 e. The van der Waals surface area contributed by atoms with Crippen molar-refractivity contribution in [2.75, 3.05) is 13.6 Å². The first-order chi connectivity index (χ1) is 9.46. The highest BCUT2D eigenvalue weighted by atomic mass is 32.2. The molecule has 1 atom stereocenters. The van der Waals surface area contributed by atoms with E-state index < -0.39 is 10.0 Å². The lowest BCUT2D eigenvalue weighted by atomic mass is 10.1. The summed E-state index contributed by atoms with van der Waals surface area (Å²) in [6.07, 6.45) is 4.09. The molecule has 0 aliphatic heterocycles. The number of aryl methyl sites for hydroxylation is 1. The second-order valence-corrected chi connectivity index (χ2v) is 7.63. The molecule has 2 rings (SSSR count). The molecule has 1 aromatic rings. The molecule has 1 fully saturated rings. The van der Waals surface area contributed by atoms with Gasteiger partial charge in [-0.25, -0.2) is 8.42 Å². The molecule has 2 N–H and O–H groups in total. The van der Waals surface area contributed by atoms with Crippen LogP contribution in [0.5, 0.6) is 0 Å². The second kappa shape index (κ2) is 6.24. The molecule has 0 radical (unpaired) electrons. The van der Waals surface area contributed by atoms with Crippen molar-refractivity contribution in [2.24, 2.45) is 11.7 Å². The van der Waals surface area contributed by atoms with E-state index in [1.807, 2.05) is 19.1 Å². The highest BCUT2D eigenvalue weighted by Gasteiger charge is 2.35. The van der Waals surface area contributed by atoms with Crippen LogP contribution in [0.25, 0.3) is 0 Å². The van der Waals surface area contributed by atoms with Crippen molar-refractivity contribution in [1.82, 2.24) is 4.31 Å². The monoisotopic (exact) mass is 296 g/mol. The summed E-state index contributed by atoms with van der Waals surface area (Å²) in [7, 11) is -1.69. The molecule has 0 spiro atoms. The van der Waals surface area contributed by atoms with Gasteiger partial charge in [0.05, 0.1) is 4.90 Å². The van der Waals surface area contributed by atoms with Crippen LogP contribution >= 0.6 is 0 Å². The van der Waals surface area contributed by atoms with Gasteiger partial charge in [-0.05, 0) is 62.8 Å². The first-order valence-corrected chi connectivity index (χ1v) is 8.68. The minimum absolute atomic E-state index is 0.0805. The van der Waals surface area contributed by atoms with E-state index in [9.17, 15) is 8.42 Å². The van der Waals surface area contributed by atoms with E-state index >= 15 is 0 Å². The number of rotatable bonds is 7. The van der Waals surface area contributed by atoms with Gasteiger partial charge in [0.1, 0.15) is 0 Å². The van der Waals surface area contributed by atoms with Crippen LogP contribution in [0.4, 0.5) is 0 Å². The highest BCUT2D eigenvalue weighted by Crippen LogP contribution is 2.36. The van der Waals surface area contributed by atoms with Gasteiger partial charge in [-0.1, -0.05) is 12.1 Å². The molecule has 1 saturated carbocycles. The number of hydrogen-bond acceptors (Lipinski definition) is 3. The fraction of sp³-hybridized carbons (Fsp3) is 0.600. The van der Waals surface area contributed by atoms with Crippen molar-refractivity contribution in [3.8, 4) is 0 Å². The number of benzene rings is 1. The highest BCUT2D eigenvalue weighted by molar-refractivity contribution is 7.89. The molecule has 0 aromatic heterocycles. The predicted molar refractivity (Wildman–Crippen MR) is 81.0 cm³/mol. The third-order valence-corrected chi connectivity index (χ3v) is 6.11. The van der Waals surface area contributed by atoms with Crippen LogP contribution in [0, 0.1) is 5.92 Å². The summed E-state index contributed by atoms with van der Waals surface area (Å²) in [4.78, 5) is 0.379. The maximum absolute atomic E-state index is 12.5. The zero-order chi connectivity index (χ0) is 14.8. The Morgan fingerprint density at radius 3 is 2.40 bits per heavy atom. The summed E-state index contributed by atoms with van der Waals surface area (Å²) < 4.78 is 26.6. The van der Waals surface area contributed by atoms with Gasteiger partial charge in [0.25, 0.3) is 0 Å². The molecule has 1 aliphatic rings. The lowest BCUT2D eigenvalue weighted by Gasteiger charge is -2.24. The van der Waals surface area contributed by atoms with Gasteiger partial charge in [0, 0.05) is 13.1 Å². The van der Waals surface area contributed by atoms with Crippen molar-refractivity contribution in [2.45, 2.75) is 43.5 Å². The Balaban J connectivity index is 2.12. The van der Waals surface area contributed by atoms with E-state index in [0.717, 1.165) is 31.2 Å². The molecule has 112 valence electrons. The van der Waals surface area contributed by atoms with Crippen molar-refractivity contribution in [3.63, 3.8) is 0 Å². The smallest absolute Gasteiger partial charge is 0.243 e. The topological polar surface area (TPSA) is 63.4 Å². The largest absolute Gasteiger partial charge is 0.330 e. The molecule has 20 heavy (non-hydrogen) atoms. The molecule has 0 heterocycles. The van der Waals surface area contributed by atoms with Gasteiger partial charge in [-0.15, -0.1) is 0 Å². The summed E-state index contributed by atoms with van der Waals surface area (Å²) in [5, 5.41) is 0. The SMILES string of the molecule is CC(C1CC1)N(C)S(=O)(=O)c1ccc(CCCN)cc1. The Morgan fingerprint density at radius 2 is 1.90 bits per heavy atom. The third-order valence-electron chi connectivity index (χ3n) is 4.15. The van der Waals surface area contributed by atoms with Crippen LogP contribution < -0.4 is 5.73 Å². The van der Waals surface area contributed by atoms with Crippen molar-refractivity contribution >= 4 is 10.0 Å². The van der Waals surface area contributed by atoms with Crippen LogP contribution in [-0.2, 0) is 16.4 Å². The van der Waals surface area contributed by atoms with Crippen LogP contribution in [0.15, 0.2) is 29.2 Å². The van der Waals surface area contributed by atoms with Gasteiger partial charge < -0.3 is 5.73 Å². The van der Waals surface area contributed by atoms with Gasteiger partial charge in [-0.2, -0.15) is 4.31 Å². The number of hydrogen-bond donors (Lipinski definition) is 1. The van der Waals surface area contributed by atoms with Crippen LogP contribution in [-0.4, -0.2) is 32.4 Å². The number of nitrogens with two attached hydrogens (primary N) is 1. The Kier molecular flexibility index (Phi) is 4.83. The first kappa shape index (κ1) is 15.5. The van der Waals surface area contributed by atoms with Gasteiger partial charge in [-0.3, -0.25) is 0 Å². The lowest BCUT2D eigenvalue weighted by molar-refractivity contribution is 0.357. The van der Waals surface area contributed by atoms with Crippen LogP contribution in [0.3, 0.4) is 0 Å². The standard InChI is InChI=1S/C15H24N2O2S/c1-12(14-7-8-14)17(2)20(18,19)15-9-5-13(6-10-15)4-3-11-16/h5-6,9-10,12,14H,3-4,7-8,11,16H2,1-2H3. The molecule has 4 nitrogen and oxygen atoms in total. The Hall–Kier alpha value is -0.910. The van der Waals surface area contributed by atoms with E-state index in [2.05, 4.69) is 0 Å². The van der Waals surface area contributed by atoms with E-state index in [-0.39, 0.29) is 6.04 Å². The second-order valence-electron chi connectivity index (χ2n) is 5.64. The molecular weight excluding hydrogens is 272 g/mol. The summed E-state index contributed by atoms with van der Waals surface area (Å²) in [5.41, 5.74) is 6.61. The molecule has 0 amide bonds. The Labute approximate surface area is 122 Å². The average molecular weight is 296 g/mol. The molecule has 0 saturated heterocycles. The Morgan fingerprint density at radius 1 is 1.30 bits per heavy atom. The zero-order valence-electron chi connectivity index (χ0n) is 12.2. The van der Waals surface area contributed by atoms with Crippen LogP contribution in [0.1, 0.15) is 31.7 Å². The first-order valence-electron chi connectivity index (χ1n) is 7.24. The van der Waals surface area contributed by atoms with Crippen molar-refractivity contribution in [1.29, 1.82) is 0 Å². The van der Waals surface area contributed by atoms with Crippen LogP contribution in [0.2, 0.25) is 0 Å². The van der Waals surface area contributed by atoms with Gasteiger partial charge in [0.15, 0.2) is 0 Å². The maximum atomic E-state index is 12.5. The quantitative estimate of drug-likeness (QED) is 0.837. The van der Waals surface area contributed by atoms with Gasteiger partial charge in [0.2, 0.25) is 10.0 Å². The predicted octanol–water partition coefficient (Wildman–Crippen LogP) is 2.00. The molecule has 1 unspecified atom stereocenters. The maximum Gasteiger partial charge on any atom is 0.243 e. The number of nitrogens with zero attached hydrogens (tertiary/aromatic N) is 1. The normalized spacial score (nSPS) is 17.4. The van der Waals surface area contributed by atoms with E-state index in [0.29, 0.717) is 17.4 Å². The van der Waals surface area contributed by atoms with Crippen molar-refractivity contribution < 1.29 is 8.42 Å². The van der Waals surface area contributed by atoms with Crippen molar-refractivity contribution in [3.05, 3.63) is 29.8 Å². The summed E-state index contributed by atoms with van der Waals surface area (Å²) in [6.45, 7) is 2.65. The zero-order valence-corrected chi connectivity index (χ0v) is 13.1. The van der Waals surface area contributed by atoms with Gasteiger partial charge >= 0.3 is 0 Å². The minimum atomic E-state index is -3.37. The third kappa shape index (κ3) is 3.40. The van der Waals surface area contributed by atoms with E-state index in [4.69, 9.17) is 5.73 Å².